The highest BCUT2D eigenvalue weighted by molar-refractivity contribution is 9.10. The summed E-state index contributed by atoms with van der Waals surface area (Å²) in [6.07, 6.45) is 1.41. The van der Waals surface area contributed by atoms with Gasteiger partial charge in [0.15, 0.2) is 0 Å². The molecule has 0 bridgehead atoms. The van der Waals surface area contributed by atoms with Gasteiger partial charge in [-0.05, 0) is 36.9 Å². The Bertz CT molecular complexity index is 449. The van der Waals surface area contributed by atoms with Crippen LogP contribution in [0.25, 0.3) is 0 Å². The van der Waals surface area contributed by atoms with Crippen LogP contribution in [0, 0.1) is 11.8 Å². The number of anilines is 1. The van der Waals surface area contributed by atoms with Crippen molar-refractivity contribution in [3.8, 4) is 5.75 Å². The molecule has 0 saturated carbocycles. The Labute approximate surface area is 129 Å². The normalized spacial score (nSPS) is 12.3. The van der Waals surface area contributed by atoms with Crippen LogP contribution in [0.4, 0.5) is 5.69 Å². The molecule has 1 aromatic carbocycles. The number of nitrogens with two attached hydrogens (primary N) is 1. The average Bonchev–Trinajstić information content (AvgIpc) is 2.36. The van der Waals surface area contributed by atoms with Crippen LogP contribution in [0.2, 0.25) is 0 Å². The topological polar surface area (TPSA) is 64.3 Å². The van der Waals surface area contributed by atoms with Crippen molar-refractivity contribution in [2.24, 2.45) is 17.6 Å². The van der Waals surface area contributed by atoms with E-state index in [0.29, 0.717) is 24.6 Å². The molecule has 0 fully saturated rings. The van der Waals surface area contributed by atoms with E-state index >= 15 is 0 Å². The molecule has 0 aromatic heterocycles. The first-order valence-electron chi connectivity index (χ1n) is 6.79. The van der Waals surface area contributed by atoms with Crippen molar-refractivity contribution >= 4 is 27.5 Å². The third-order valence-electron chi connectivity index (χ3n) is 3.00. The first-order chi connectivity index (χ1) is 9.44. The number of methoxy groups -OCH3 is 1. The highest BCUT2D eigenvalue weighted by Crippen LogP contribution is 2.25. The van der Waals surface area contributed by atoms with E-state index in [0.717, 1.165) is 16.6 Å². The molecule has 0 saturated heterocycles. The van der Waals surface area contributed by atoms with E-state index < -0.39 is 0 Å². The third kappa shape index (κ3) is 5.92. The van der Waals surface area contributed by atoms with Crippen molar-refractivity contribution in [2.75, 3.05) is 19.0 Å². The van der Waals surface area contributed by atoms with Gasteiger partial charge in [-0.25, -0.2) is 0 Å². The van der Waals surface area contributed by atoms with Crippen molar-refractivity contribution in [1.82, 2.24) is 0 Å². The van der Waals surface area contributed by atoms with Crippen molar-refractivity contribution in [1.29, 1.82) is 0 Å². The fourth-order valence-electron chi connectivity index (χ4n) is 2.16. The maximum absolute atomic E-state index is 12.1. The molecule has 112 valence electrons. The zero-order chi connectivity index (χ0) is 15.1. The van der Waals surface area contributed by atoms with Crippen LogP contribution in [0.5, 0.6) is 5.75 Å². The lowest BCUT2D eigenvalue weighted by Gasteiger charge is -2.16. The number of rotatable bonds is 7. The lowest BCUT2D eigenvalue weighted by Crippen LogP contribution is -2.23. The molecular formula is C15H23BrN2O2. The second-order valence-corrected chi connectivity index (χ2v) is 6.28. The van der Waals surface area contributed by atoms with E-state index in [-0.39, 0.29) is 11.8 Å². The van der Waals surface area contributed by atoms with Gasteiger partial charge in [0.2, 0.25) is 5.91 Å². The maximum atomic E-state index is 12.1. The molecule has 1 atom stereocenters. The van der Waals surface area contributed by atoms with Gasteiger partial charge in [0.1, 0.15) is 5.75 Å². The summed E-state index contributed by atoms with van der Waals surface area (Å²) in [5, 5.41) is 2.89. The summed E-state index contributed by atoms with van der Waals surface area (Å²) in [5.74, 6) is 1.46. The second-order valence-electron chi connectivity index (χ2n) is 5.36. The Hall–Kier alpha value is -1.07. The van der Waals surface area contributed by atoms with Crippen LogP contribution >= 0.6 is 15.9 Å². The number of carbonyl (C=O) groups is 1. The van der Waals surface area contributed by atoms with E-state index in [9.17, 15) is 4.79 Å². The summed E-state index contributed by atoms with van der Waals surface area (Å²) >= 11 is 3.39. The Morgan fingerprint density at radius 1 is 1.40 bits per heavy atom. The molecule has 0 heterocycles. The number of amides is 1. The molecule has 1 unspecified atom stereocenters. The third-order valence-corrected chi connectivity index (χ3v) is 3.46. The van der Waals surface area contributed by atoms with Gasteiger partial charge in [-0.15, -0.1) is 0 Å². The number of carbonyl (C=O) groups excluding carboxylic acids is 1. The van der Waals surface area contributed by atoms with Crippen LogP contribution < -0.4 is 15.8 Å². The lowest BCUT2D eigenvalue weighted by atomic mass is 9.94. The molecule has 3 N–H and O–H groups in total. The standard InChI is InChI=1S/C15H23BrN2O2/c1-10(2)4-11(9-17)5-15(19)18-13-6-12(16)7-14(8-13)20-3/h6-8,10-11H,4-5,9,17H2,1-3H3,(H,18,19). The molecule has 0 aliphatic heterocycles. The summed E-state index contributed by atoms with van der Waals surface area (Å²) in [7, 11) is 1.60. The molecule has 1 aromatic rings. The maximum Gasteiger partial charge on any atom is 0.224 e. The van der Waals surface area contributed by atoms with E-state index in [4.69, 9.17) is 10.5 Å². The van der Waals surface area contributed by atoms with Crippen molar-refractivity contribution in [2.45, 2.75) is 26.7 Å². The molecule has 1 amide bonds. The minimum absolute atomic E-state index is 0.0127. The lowest BCUT2D eigenvalue weighted by molar-refractivity contribution is -0.117. The van der Waals surface area contributed by atoms with Crippen LogP contribution in [-0.4, -0.2) is 19.6 Å². The largest absolute Gasteiger partial charge is 0.497 e. The SMILES string of the molecule is COc1cc(Br)cc(NC(=O)CC(CN)CC(C)C)c1. The molecule has 20 heavy (non-hydrogen) atoms. The predicted molar refractivity (Wildman–Crippen MR) is 85.9 cm³/mol. The smallest absolute Gasteiger partial charge is 0.224 e. The Balaban J connectivity index is 2.63. The fourth-order valence-corrected chi connectivity index (χ4v) is 2.63. The van der Waals surface area contributed by atoms with Gasteiger partial charge in [-0.1, -0.05) is 29.8 Å². The highest BCUT2D eigenvalue weighted by atomic mass is 79.9. The van der Waals surface area contributed by atoms with E-state index in [1.165, 1.54) is 0 Å². The van der Waals surface area contributed by atoms with Crippen LogP contribution in [-0.2, 0) is 4.79 Å². The number of nitrogens with one attached hydrogen (secondary N) is 1. The number of benzene rings is 1. The zero-order valence-corrected chi connectivity index (χ0v) is 13.9. The summed E-state index contributed by atoms with van der Waals surface area (Å²) in [4.78, 5) is 12.1. The Morgan fingerprint density at radius 2 is 2.10 bits per heavy atom. The van der Waals surface area contributed by atoms with Crippen molar-refractivity contribution in [3.05, 3.63) is 22.7 Å². The predicted octanol–water partition coefficient (Wildman–Crippen LogP) is 3.41. The number of hydrogen-bond acceptors (Lipinski definition) is 3. The molecule has 0 aliphatic carbocycles. The summed E-state index contributed by atoms with van der Waals surface area (Å²) < 4.78 is 6.04. The van der Waals surface area contributed by atoms with Gasteiger partial charge in [0.05, 0.1) is 7.11 Å². The molecule has 0 aliphatic rings. The van der Waals surface area contributed by atoms with Gasteiger partial charge in [0, 0.05) is 22.6 Å². The molecular weight excluding hydrogens is 320 g/mol. The van der Waals surface area contributed by atoms with Crippen LogP contribution in [0.3, 0.4) is 0 Å². The van der Waals surface area contributed by atoms with E-state index in [2.05, 4.69) is 35.1 Å². The molecule has 5 heteroatoms. The van der Waals surface area contributed by atoms with Gasteiger partial charge >= 0.3 is 0 Å². The highest BCUT2D eigenvalue weighted by Gasteiger charge is 2.14. The number of hydrogen-bond donors (Lipinski definition) is 2. The monoisotopic (exact) mass is 342 g/mol. The molecule has 4 nitrogen and oxygen atoms in total. The molecule has 0 radical (unpaired) electrons. The van der Waals surface area contributed by atoms with E-state index in [1.807, 2.05) is 12.1 Å². The Morgan fingerprint density at radius 3 is 2.65 bits per heavy atom. The first kappa shape index (κ1) is 17.0. The Kier molecular flexibility index (Phi) is 7.02. The zero-order valence-electron chi connectivity index (χ0n) is 12.3. The summed E-state index contributed by atoms with van der Waals surface area (Å²) in [6.45, 7) is 4.81. The first-order valence-corrected chi connectivity index (χ1v) is 7.58. The second kappa shape index (κ2) is 8.27. The average molecular weight is 343 g/mol. The van der Waals surface area contributed by atoms with Gasteiger partial charge in [-0.2, -0.15) is 0 Å². The van der Waals surface area contributed by atoms with Crippen molar-refractivity contribution in [3.63, 3.8) is 0 Å². The van der Waals surface area contributed by atoms with Crippen molar-refractivity contribution < 1.29 is 9.53 Å². The van der Waals surface area contributed by atoms with Gasteiger partial charge in [0.25, 0.3) is 0 Å². The summed E-state index contributed by atoms with van der Waals surface area (Å²) in [5.41, 5.74) is 6.45. The number of halogens is 1. The van der Waals surface area contributed by atoms with Gasteiger partial charge < -0.3 is 15.8 Å². The minimum Gasteiger partial charge on any atom is -0.497 e. The van der Waals surface area contributed by atoms with E-state index in [1.54, 1.807) is 13.2 Å². The fraction of sp³-hybridized carbons (Fsp3) is 0.533. The number of ether oxygens (including phenoxy) is 1. The van der Waals surface area contributed by atoms with Crippen LogP contribution in [0.15, 0.2) is 22.7 Å². The summed E-state index contributed by atoms with van der Waals surface area (Å²) in [6, 6.07) is 5.49. The van der Waals surface area contributed by atoms with Gasteiger partial charge in [-0.3, -0.25) is 4.79 Å². The van der Waals surface area contributed by atoms with Crippen LogP contribution in [0.1, 0.15) is 26.7 Å². The quantitative estimate of drug-likeness (QED) is 0.797. The molecule has 0 spiro atoms. The molecule has 1 rings (SSSR count). The minimum atomic E-state index is -0.0127.